The highest BCUT2D eigenvalue weighted by Gasteiger charge is 2.30. The molecule has 3 heterocycles. The zero-order valence-electron chi connectivity index (χ0n) is 26.6. The van der Waals surface area contributed by atoms with Gasteiger partial charge in [0.25, 0.3) is 0 Å². The quantitative estimate of drug-likeness (QED) is 0.378. The minimum Gasteiger partial charge on any atom is -0.457 e. The maximum Gasteiger partial charge on any atom is 0.410 e. The van der Waals surface area contributed by atoms with E-state index < -0.39 is 34.3 Å². The molecule has 1 aromatic carbocycles. The molecule has 1 aromatic rings. The molecule has 5 atom stereocenters. The van der Waals surface area contributed by atoms with Gasteiger partial charge in [-0.25, -0.2) is 13.2 Å². The molecule has 1 N–H and O–H groups in total. The van der Waals surface area contributed by atoms with Crippen molar-refractivity contribution in [2.45, 2.75) is 82.5 Å². The lowest BCUT2D eigenvalue weighted by molar-refractivity contribution is -0.151. The topological polar surface area (TPSA) is 117 Å². The summed E-state index contributed by atoms with van der Waals surface area (Å²) in [7, 11) is -1.57. The third kappa shape index (κ3) is 9.15. The van der Waals surface area contributed by atoms with Gasteiger partial charge in [0.05, 0.1) is 17.4 Å². The highest BCUT2D eigenvalue weighted by molar-refractivity contribution is 7.89. The molecule has 11 heteroatoms. The van der Waals surface area contributed by atoms with Crippen molar-refractivity contribution in [1.82, 2.24) is 14.1 Å². The summed E-state index contributed by atoms with van der Waals surface area (Å²) in [5.41, 5.74) is 1.42. The zero-order valence-corrected chi connectivity index (χ0v) is 27.4. The number of ether oxygens (including phenoxy) is 2. The zero-order chi connectivity index (χ0) is 31.9. The molecule has 0 spiro atoms. The van der Waals surface area contributed by atoms with Crippen LogP contribution in [0.1, 0.15) is 64.9 Å². The SMILES string of the molecule is C/C(=C\c1cccc(S(=O)(=O)N2CCCCC2)c1)[C@H]1OC(=O)C[C@H](O)CC[C@H](C)[C@@H](OC(=O)N2CCN(C)CC2)/C=C/[C@@H]1C. The maximum atomic E-state index is 13.3. The number of aliphatic hydroxyl groups excluding tert-OH is 1. The molecule has 3 aliphatic heterocycles. The van der Waals surface area contributed by atoms with E-state index in [4.69, 9.17) is 9.47 Å². The van der Waals surface area contributed by atoms with Gasteiger partial charge in [0, 0.05) is 45.2 Å². The van der Waals surface area contributed by atoms with E-state index in [1.54, 1.807) is 27.4 Å². The number of rotatable bonds is 5. The molecule has 0 aromatic heterocycles. The van der Waals surface area contributed by atoms with Crippen molar-refractivity contribution in [2.75, 3.05) is 46.3 Å². The minimum atomic E-state index is -3.60. The van der Waals surface area contributed by atoms with Crippen LogP contribution in [-0.4, -0.2) is 104 Å². The number of amides is 1. The Morgan fingerprint density at radius 2 is 1.73 bits per heavy atom. The first-order valence-corrected chi connectivity index (χ1v) is 17.4. The number of esters is 1. The van der Waals surface area contributed by atoms with Gasteiger partial charge >= 0.3 is 12.1 Å². The van der Waals surface area contributed by atoms with E-state index >= 15 is 0 Å². The van der Waals surface area contributed by atoms with Gasteiger partial charge in [-0.05, 0) is 74.9 Å². The number of sulfonamides is 1. The second kappa shape index (κ2) is 15.5. The Labute approximate surface area is 262 Å². The number of cyclic esters (lactones) is 1. The first kappa shape index (κ1) is 34.1. The Hall–Kier alpha value is -2.73. The van der Waals surface area contributed by atoms with Crippen LogP contribution in [-0.2, 0) is 24.3 Å². The Morgan fingerprint density at radius 1 is 1.02 bits per heavy atom. The van der Waals surface area contributed by atoms with Crippen LogP contribution in [0.3, 0.4) is 0 Å². The van der Waals surface area contributed by atoms with Crippen molar-refractivity contribution >= 4 is 28.2 Å². The lowest BCUT2D eigenvalue weighted by atomic mass is 9.91. The third-order valence-corrected chi connectivity index (χ3v) is 10.8. The van der Waals surface area contributed by atoms with E-state index in [1.165, 1.54) is 0 Å². The third-order valence-electron chi connectivity index (χ3n) is 8.91. The summed E-state index contributed by atoms with van der Waals surface area (Å²) >= 11 is 0. The number of hydrogen-bond donors (Lipinski definition) is 1. The minimum absolute atomic E-state index is 0.0698. The van der Waals surface area contributed by atoms with Crippen LogP contribution in [0.25, 0.3) is 6.08 Å². The number of piperidine rings is 1. The number of nitrogens with zero attached hydrogens (tertiary/aromatic N) is 3. The van der Waals surface area contributed by atoms with Gasteiger partial charge in [0.1, 0.15) is 12.2 Å². The van der Waals surface area contributed by atoms with Crippen molar-refractivity contribution < 1.29 is 32.6 Å². The number of carbonyl (C=O) groups excluding carboxylic acids is 2. The summed E-state index contributed by atoms with van der Waals surface area (Å²) in [4.78, 5) is 30.1. The van der Waals surface area contributed by atoms with Gasteiger partial charge < -0.3 is 24.4 Å². The van der Waals surface area contributed by atoms with Gasteiger partial charge in [-0.1, -0.05) is 44.6 Å². The van der Waals surface area contributed by atoms with Crippen molar-refractivity contribution in [1.29, 1.82) is 0 Å². The summed E-state index contributed by atoms with van der Waals surface area (Å²) < 4.78 is 40.0. The van der Waals surface area contributed by atoms with Crippen molar-refractivity contribution in [3.05, 3.63) is 47.6 Å². The molecule has 2 fully saturated rings. The number of hydrogen-bond acceptors (Lipinski definition) is 8. The van der Waals surface area contributed by atoms with Gasteiger partial charge in [-0.3, -0.25) is 4.79 Å². The Morgan fingerprint density at radius 3 is 2.43 bits per heavy atom. The van der Waals surface area contributed by atoms with E-state index in [1.807, 2.05) is 52.1 Å². The predicted molar refractivity (Wildman–Crippen MR) is 169 cm³/mol. The van der Waals surface area contributed by atoms with E-state index in [0.717, 1.165) is 37.9 Å². The highest BCUT2D eigenvalue weighted by Crippen LogP contribution is 2.27. The Balaban J connectivity index is 1.56. The van der Waals surface area contributed by atoms with E-state index in [2.05, 4.69) is 4.90 Å². The van der Waals surface area contributed by atoms with Crippen LogP contribution in [0.15, 0.2) is 46.9 Å². The smallest absolute Gasteiger partial charge is 0.410 e. The second-order valence-electron chi connectivity index (χ2n) is 12.6. The first-order chi connectivity index (χ1) is 20.9. The molecule has 1 amide bonds. The largest absolute Gasteiger partial charge is 0.457 e. The number of likely N-dealkylation sites (N-methyl/N-ethyl adjacent to an activating group) is 1. The molecule has 2 saturated heterocycles. The Kier molecular flexibility index (Phi) is 12.0. The van der Waals surface area contributed by atoms with Crippen LogP contribution in [0.5, 0.6) is 0 Å². The molecule has 244 valence electrons. The molecular weight excluding hydrogens is 582 g/mol. The van der Waals surface area contributed by atoms with Crippen LogP contribution < -0.4 is 0 Å². The average Bonchev–Trinajstić information content (AvgIpc) is 3.00. The molecule has 0 aliphatic carbocycles. The summed E-state index contributed by atoms with van der Waals surface area (Å²) in [5, 5.41) is 10.6. The normalized spacial score (nSPS) is 29.7. The number of benzene rings is 1. The van der Waals surface area contributed by atoms with Crippen LogP contribution in [0.4, 0.5) is 4.79 Å². The molecule has 0 saturated carbocycles. The summed E-state index contributed by atoms with van der Waals surface area (Å²) in [5.74, 6) is -0.855. The molecular formula is C33H49N3O7S. The van der Waals surface area contributed by atoms with Crippen LogP contribution in [0, 0.1) is 11.8 Å². The standard InChI is InChI=1S/C33H49N3O7S/c1-24-11-13-28(37)23-31(38)43-32(25(2)12-14-30(24)42-33(39)35-19-17-34(4)18-20-35)26(3)21-27-9-8-10-29(22-27)44(40,41)36-15-6-5-7-16-36/h8-10,12,14,21-22,24-25,28,30,32,37H,5-7,11,13,15-20,23H2,1-4H3/b14-12+,26-21+/t24-,25-,28+,30-,32-/m0/s1. The maximum absolute atomic E-state index is 13.3. The van der Waals surface area contributed by atoms with Crippen LogP contribution >= 0.6 is 0 Å². The molecule has 0 unspecified atom stereocenters. The molecule has 44 heavy (non-hydrogen) atoms. The van der Waals surface area contributed by atoms with Gasteiger partial charge in [-0.15, -0.1) is 0 Å². The Bertz CT molecular complexity index is 1300. The van der Waals surface area contributed by atoms with E-state index in [0.29, 0.717) is 44.6 Å². The molecule has 3 aliphatic rings. The lowest BCUT2D eigenvalue weighted by Crippen LogP contribution is -2.48. The fraction of sp³-hybridized carbons (Fsp3) is 0.636. The summed E-state index contributed by atoms with van der Waals surface area (Å²) in [6.07, 6.45) is 6.81. The summed E-state index contributed by atoms with van der Waals surface area (Å²) in [6.45, 7) is 9.62. The van der Waals surface area contributed by atoms with E-state index in [9.17, 15) is 23.1 Å². The highest BCUT2D eigenvalue weighted by atomic mass is 32.2. The van der Waals surface area contributed by atoms with Gasteiger partial charge in [0.15, 0.2) is 0 Å². The van der Waals surface area contributed by atoms with Crippen LogP contribution in [0.2, 0.25) is 0 Å². The first-order valence-electron chi connectivity index (χ1n) is 15.9. The van der Waals surface area contributed by atoms with Crippen molar-refractivity contribution in [3.8, 4) is 0 Å². The van der Waals surface area contributed by atoms with Crippen molar-refractivity contribution in [2.24, 2.45) is 11.8 Å². The molecule has 4 rings (SSSR count). The van der Waals surface area contributed by atoms with Gasteiger partial charge in [0.2, 0.25) is 10.0 Å². The lowest BCUT2D eigenvalue weighted by Gasteiger charge is -2.33. The second-order valence-corrected chi connectivity index (χ2v) is 14.6. The molecule has 0 radical (unpaired) electrons. The molecule has 10 nitrogen and oxygen atoms in total. The fourth-order valence-corrected chi connectivity index (χ4v) is 7.57. The van der Waals surface area contributed by atoms with Crippen molar-refractivity contribution in [3.63, 3.8) is 0 Å². The number of carbonyl (C=O) groups is 2. The summed E-state index contributed by atoms with van der Waals surface area (Å²) in [6, 6.07) is 6.83. The number of aliphatic hydroxyl groups is 1. The number of piperazine rings is 1. The monoisotopic (exact) mass is 631 g/mol. The molecule has 0 bridgehead atoms. The van der Waals surface area contributed by atoms with E-state index in [-0.39, 0.29) is 29.2 Å². The fourth-order valence-electron chi connectivity index (χ4n) is 5.99. The predicted octanol–water partition coefficient (Wildman–Crippen LogP) is 4.30. The average molecular weight is 632 g/mol. The van der Waals surface area contributed by atoms with Gasteiger partial charge in [-0.2, -0.15) is 4.31 Å².